The van der Waals surface area contributed by atoms with E-state index >= 15 is 0 Å². The van der Waals surface area contributed by atoms with Gasteiger partial charge in [0.15, 0.2) is 0 Å². The molecule has 1 amide bonds. The molecular formula is C15H17NO. The maximum Gasteiger partial charge on any atom is 0.232 e. The molecule has 0 saturated carbocycles. The van der Waals surface area contributed by atoms with Gasteiger partial charge in [-0.3, -0.25) is 4.79 Å². The first-order valence-electron chi connectivity index (χ1n) is 5.77. The summed E-state index contributed by atoms with van der Waals surface area (Å²) in [7, 11) is 0. The maximum absolute atomic E-state index is 11.9. The molecule has 1 heterocycles. The van der Waals surface area contributed by atoms with E-state index in [4.69, 9.17) is 0 Å². The fourth-order valence-corrected chi connectivity index (χ4v) is 2.00. The summed E-state index contributed by atoms with van der Waals surface area (Å²) >= 11 is 0. The number of amides is 1. The molecule has 2 nitrogen and oxygen atoms in total. The van der Waals surface area contributed by atoms with Crippen LogP contribution >= 0.6 is 0 Å². The minimum atomic E-state index is -0.0452. The first-order chi connectivity index (χ1) is 8.09. The van der Waals surface area contributed by atoms with E-state index in [1.807, 2.05) is 42.2 Å². The van der Waals surface area contributed by atoms with Crippen molar-refractivity contribution in [2.24, 2.45) is 5.92 Å². The van der Waals surface area contributed by atoms with Crippen LogP contribution in [-0.2, 0) is 11.3 Å². The van der Waals surface area contributed by atoms with Crippen molar-refractivity contribution in [1.82, 2.24) is 4.90 Å². The van der Waals surface area contributed by atoms with Gasteiger partial charge in [0.1, 0.15) is 0 Å². The van der Waals surface area contributed by atoms with E-state index in [0.29, 0.717) is 6.54 Å². The number of carbonyl (C=O) groups is 1. The molecule has 0 N–H and O–H groups in total. The van der Waals surface area contributed by atoms with Crippen molar-refractivity contribution in [3.63, 3.8) is 0 Å². The van der Waals surface area contributed by atoms with Gasteiger partial charge in [-0.15, -0.1) is 0 Å². The number of hydrogen-bond donors (Lipinski definition) is 0. The average molecular weight is 227 g/mol. The highest BCUT2D eigenvalue weighted by molar-refractivity contribution is 5.88. The number of carbonyl (C=O) groups excluding carboxylic acids is 1. The maximum atomic E-state index is 11.9. The van der Waals surface area contributed by atoms with Gasteiger partial charge in [-0.2, -0.15) is 0 Å². The van der Waals surface area contributed by atoms with Gasteiger partial charge in [-0.05, 0) is 18.1 Å². The first-order valence-corrected chi connectivity index (χ1v) is 5.77. The Balaban J connectivity index is 1.95. The molecule has 1 unspecified atom stereocenters. The number of benzene rings is 1. The topological polar surface area (TPSA) is 20.3 Å². The minimum absolute atomic E-state index is 0.0452. The number of likely N-dealkylation sites (tertiary alicyclic amines) is 1. The Morgan fingerprint density at radius 3 is 2.53 bits per heavy atom. The molecule has 1 aliphatic rings. The Bertz CT molecular complexity index is 461. The third-order valence-electron chi connectivity index (χ3n) is 3.20. The van der Waals surface area contributed by atoms with E-state index in [1.54, 1.807) is 0 Å². The quantitative estimate of drug-likeness (QED) is 0.572. The van der Waals surface area contributed by atoms with Crippen molar-refractivity contribution in [1.29, 1.82) is 0 Å². The second-order valence-electron chi connectivity index (χ2n) is 4.56. The lowest BCUT2D eigenvalue weighted by molar-refractivity contribution is -0.146. The molecule has 1 aromatic rings. The highest BCUT2D eigenvalue weighted by atomic mass is 16.2. The van der Waals surface area contributed by atoms with E-state index in [0.717, 1.165) is 17.7 Å². The lowest BCUT2D eigenvalue weighted by Gasteiger charge is -2.39. The molecule has 1 aliphatic heterocycles. The van der Waals surface area contributed by atoms with Gasteiger partial charge in [-0.25, -0.2) is 0 Å². The summed E-state index contributed by atoms with van der Waals surface area (Å²) < 4.78 is 0. The smallest absolute Gasteiger partial charge is 0.232 e. The third kappa shape index (κ3) is 2.31. The standard InChI is InChI=1S/C15H17NO/c1-11(2)12(3)14-10-16(15(14)17)9-13-7-5-4-6-8-13/h4-8,14H,1,3,9-10H2,2H3. The van der Waals surface area contributed by atoms with Crippen molar-refractivity contribution in [2.45, 2.75) is 13.5 Å². The van der Waals surface area contributed by atoms with Crippen molar-refractivity contribution < 1.29 is 4.79 Å². The largest absolute Gasteiger partial charge is 0.337 e. The molecular weight excluding hydrogens is 210 g/mol. The molecule has 0 aromatic heterocycles. The van der Waals surface area contributed by atoms with Crippen LogP contribution in [0.1, 0.15) is 12.5 Å². The van der Waals surface area contributed by atoms with Gasteiger partial charge < -0.3 is 4.90 Å². The van der Waals surface area contributed by atoms with Crippen LogP contribution in [0, 0.1) is 5.92 Å². The van der Waals surface area contributed by atoms with E-state index in [1.165, 1.54) is 5.56 Å². The molecule has 1 saturated heterocycles. The minimum Gasteiger partial charge on any atom is -0.337 e. The van der Waals surface area contributed by atoms with Crippen LogP contribution in [0.4, 0.5) is 0 Å². The molecule has 2 heteroatoms. The normalized spacial score (nSPS) is 18.8. The SMILES string of the molecule is C=C(C)C(=C)C1CN(Cc2ccccc2)C1=O. The van der Waals surface area contributed by atoms with Gasteiger partial charge in [0.05, 0.1) is 5.92 Å². The Morgan fingerprint density at radius 1 is 1.35 bits per heavy atom. The van der Waals surface area contributed by atoms with Crippen LogP contribution in [0.15, 0.2) is 54.6 Å². The van der Waals surface area contributed by atoms with Crippen LogP contribution in [0.25, 0.3) is 0 Å². The predicted octanol–water partition coefficient (Wildman–Crippen LogP) is 2.78. The van der Waals surface area contributed by atoms with Crippen molar-refractivity contribution in [3.8, 4) is 0 Å². The Kier molecular flexibility index (Phi) is 3.14. The van der Waals surface area contributed by atoms with Crippen LogP contribution in [0.5, 0.6) is 0 Å². The van der Waals surface area contributed by atoms with Crippen molar-refractivity contribution in [2.75, 3.05) is 6.54 Å². The lowest BCUT2D eigenvalue weighted by Crippen LogP contribution is -2.52. The summed E-state index contributed by atoms with van der Waals surface area (Å²) in [5.74, 6) is 0.123. The van der Waals surface area contributed by atoms with Crippen LogP contribution in [0.3, 0.4) is 0 Å². The Morgan fingerprint density at radius 2 is 2.00 bits per heavy atom. The molecule has 1 atom stereocenters. The second kappa shape index (κ2) is 4.58. The molecule has 88 valence electrons. The summed E-state index contributed by atoms with van der Waals surface area (Å²) in [4.78, 5) is 13.8. The van der Waals surface area contributed by atoms with E-state index in [9.17, 15) is 4.79 Å². The number of allylic oxidation sites excluding steroid dienone is 1. The monoisotopic (exact) mass is 227 g/mol. The van der Waals surface area contributed by atoms with E-state index in [2.05, 4.69) is 13.2 Å². The van der Waals surface area contributed by atoms with Gasteiger partial charge in [0.2, 0.25) is 5.91 Å². The average Bonchev–Trinajstić information content (AvgIpc) is 2.34. The molecule has 17 heavy (non-hydrogen) atoms. The Hall–Kier alpha value is -1.83. The third-order valence-corrected chi connectivity index (χ3v) is 3.20. The van der Waals surface area contributed by atoms with Crippen LogP contribution in [-0.4, -0.2) is 17.4 Å². The summed E-state index contributed by atoms with van der Waals surface area (Å²) in [6, 6.07) is 10.0. The van der Waals surface area contributed by atoms with Gasteiger partial charge in [-0.1, -0.05) is 49.1 Å². The lowest BCUT2D eigenvalue weighted by atomic mass is 9.87. The number of nitrogens with zero attached hydrogens (tertiary/aromatic N) is 1. The summed E-state index contributed by atoms with van der Waals surface area (Å²) in [6.07, 6.45) is 0. The molecule has 1 fully saturated rings. The number of rotatable bonds is 4. The molecule has 0 spiro atoms. The number of β-lactam (4-membered cyclic amide) rings is 1. The summed E-state index contributed by atoms with van der Waals surface area (Å²) in [6.45, 7) is 11.1. The molecule has 0 aliphatic carbocycles. The molecule has 1 aromatic carbocycles. The van der Waals surface area contributed by atoms with Gasteiger partial charge in [0, 0.05) is 13.1 Å². The Labute approximate surface area is 102 Å². The number of hydrogen-bond acceptors (Lipinski definition) is 1. The van der Waals surface area contributed by atoms with E-state index in [-0.39, 0.29) is 11.8 Å². The molecule has 0 radical (unpaired) electrons. The van der Waals surface area contributed by atoms with Crippen LogP contribution < -0.4 is 0 Å². The van der Waals surface area contributed by atoms with Gasteiger partial charge >= 0.3 is 0 Å². The molecule has 0 bridgehead atoms. The van der Waals surface area contributed by atoms with E-state index < -0.39 is 0 Å². The van der Waals surface area contributed by atoms with Gasteiger partial charge in [0.25, 0.3) is 0 Å². The zero-order valence-corrected chi connectivity index (χ0v) is 10.1. The zero-order valence-electron chi connectivity index (χ0n) is 10.1. The zero-order chi connectivity index (χ0) is 12.4. The first kappa shape index (κ1) is 11.6. The fourth-order valence-electron chi connectivity index (χ4n) is 2.00. The summed E-state index contributed by atoms with van der Waals surface area (Å²) in [5.41, 5.74) is 2.95. The van der Waals surface area contributed by atoms with Crippen molar-refractivity contribution in [3.05, 3.63) is 60.2 Å². The fraction of sp³-hybridized carbons (Fsp3) is 0.267. The molecule has 2 rings (SSSR count). The predicted molar refractivity (Wildman–Crippen MR) is 69.3 cm³/mol. The second-order valence-corrected chi connectivity index (χ2v) is 4.56. The highest BCUT2D eigenvalue weighted by Crippen LogP contribution is 2.29. The summed E-state index contributed by atoms with van der Waals surface area (Å²) in [5, 5.41) is 0. The van der Waals surface area contributed by atoms with Crippen molar-refractivity contribution >= 4 is 5.91 Å². The highest BCUT2D eigenvalue weighted by Gasteiger charge is 2.38. The van der Waals surface area contributed by atoms with Crippen LogP contribution in [0.2, 0.25) is 0 Å².